The van der Waals surface area contributed by atoms with E-state index in [1.54, 1.807) is 19.1 Å². The van der Waals surface area contributed by atoms with Crippen molar-refractivity contribution in [2.45, 2.75) is 25.9 Å². The van der Waals surface area contributed by atoms with Crippen LogP contribution in [0.1, 0.15) is 36.5 Å². The predicted octanol–water partition coefficient (Wildman–Crippen LogP) is 6.25. The van der Waals surface area contributed by atoms with Gasteiger partial charge in [0.1, 0.15) is 13.1 Å². The van der Waals surface area contributed by atoms with Gasteiger partial charge in [-0.25, -0.2) is 4.76 Å². The molecule has 0 radical (unpaired) electrons. The summed E-state index contributed by atoms with van der Waals surface area (Å²) in [5.74, 6) is -0.211. The molecular formula is C29H27F3N4O2. The fourth-order valence-corrected chi connectivity index (χ4v) is 4.84. The maximum Gasteiger partial charge on any atom is 0.416 e. The van der Waals surface area contributed by atoms with Gasteiger partial charge in [0.25, 0.3) is 0 Å². The summed E-state index contributed by atoms with van der Waals surface area (Å²) in [7, 11) is 1.51. The van der Waals surface area contributed by atoms with Crippen LogP contribution in [-0.2, 0) is 11.0 Å². The van der Waals surface area contributed by atoms with E-state index in [2.05, 4.69) is 11.4 Å². The Balaban J connectivity index is 1.81. The highest BCUT2D eigenvalue weighted by Crippen LogP contribution is 2.43. The van der Waals surface area contributed by atoms with Gasteiger partial charge >= 0.3 is 6.18 Å². The molecule has 1 unspecified atom stereocenters. The van der Waals surface area contributed by atoms with E-state index in [1.165, 1.54) is 24.2 Å². The van der Waals surface area contributed by atoms with E-state index in [0.29, 0.717) is 16.8 Å². The molecule has 3 aromatic rings. The van der Waals surface area contributed by atoms with Gasteiger partial charge in [-0.3, -0.25) is 4.79 Å². The van der Waals surface area contributed by atoms with Crippen molar-refractivity contribution in [3.8, 4) is 17.2 Å². The van der Waals surface area contributed by atoms with Crippen molar-refractivity contribution in [2.24, 2.45) is 0 Å². The summed E-state index contributed by atoms with van der Waals surface area (Å²) in [6.45, 7) is 1.73. The molecule has 1 aliphatic rings. The molecule has 9 heteroatoms. The van der Waals surface area contributed by atoms with Crippen LogP contribution in [0.2, 0.25) is 0 Å². The molecule has 196 valence electrons. The van der Waals surface area contributed by atoms with Crippen LogP contribution in [0.3, 0.4) is 0 Å². The van der Waals surface area contributed by atoms with Crippen molar-refractivity contribution >= 4 is 17.2 Å². The zero-order valence-electron chi connectivity index (χ0n) is 21.0. The van der Waals surface area contributed by atoms with Crippen molar-refractivity contribution in [1.82, 2.24) is 5.32 Å². The Hall–Kier alpha value is -4.13. The van der Waals surface area contributed by atoms with Crippen LogP contribution >= 0.6 is 0 Å². The average Bonchev–Trinajstić information content (AvgIpc) is 3.18. The van der Waals surface area contributed by atoms with Crippen LogP contribution < -0.4 is 10.3 Å². The van der Waals surface area contributed by atoms with E-state index in [-0.39, 0.29) is 37.5 Å². The fraction of sp³-hybridized carbons (Fsp3) is 0.241. The summed E-state index contributed by atoms with van der Waals surface area (Å²) in [5.41, 5.74) is 3.54. The molecule has 1 N–H and O–H groups in total. The van der Waals surface area contributed by atoms with E-state index in [9.17, 15) is 23.2 Å². The van der Waals surface area contributed by atoms with Crippen LogP contribution in [0.15, 0.2) is 78.5 Å². The Kier molecular flexibility index (Phi) is 7.58. The Morgan fingerprint density at radius 3 is 2.39 bits per heavy atom. The highest BCUT2D eigenvalue weighted by molar-refractivity contribution is 5.85. The molecule has 1 amide bonds. The lowest BCUT2D eigenvalue weighted by atomic mass is 9.93. The molecule has 0 spiro atoms. The first-order valence-electron chi connectivity index (χ1n) is 12.1. The molecule has 0 saturated heterocycles. The minimum Gasteiger partial charge on any atom is -0.606 e. The second kappa shape index (κ2) is 10.7. The molecule has 3 aromatic carbocycles. The summed E-state index contributed by atoms with van der Waals surface area (Å²) >= 11 is 0. The molecule has 38 heavy (non-hydrogen) atoms. The molecule has 0 saturated carbocycles. The number of rotatable bonds is 7. The van der Waals surface area contributed by atoms with Gasteiger partial charge in [-0.2, -0.15) is 23.4 Å². The largest absolute Gasteiger partial charge is 0.606 e. The van der Waals surface area contributed by atoms with Gasteiger partial charge in [-0.1, -0.05) is 42.5 Å². The number of alkyl halides is 3. The number of halogens is 3. The maximum atomic E-state index is 14.4. The zero-order valence-corrected chi connectivity index (χ0v) is 21.0. The lowest BCUT2D eigenvalue weighted by Crippen LogP contribution is -2.53. The van der Waals surface area contributed by atoms with Crippen LogP contribution in [0.25, 0.3) is 16.7 Å². The lowest BCUT2D eigenvalue weighted by Gasteiger charge is -2.46. The van der Waals surface area contributed by atoms with Gasteiger partial charge in [-0.05, 0) is 53.9 Å². The predicted molar refractivity (Wildman–Crippen MR) is 140 cm³/mol. The standard InChI is InChI=1S/C29H27F3N4O2/c1-20-27(26-10-4-3-9-25(26)22-14-12-21(18-33)13-15-22)19-36(38,16-6-11-28(37)34-2)35(20)24-8-5-7-23(17-24)29(30,31)32/h3-5,7-10,12-15,17H,6,11,16,19H2,1-2H3,(H,34,37). The first-order chi connectivity index (χ1) is 18.1. The van der Waals surface area contributed by atoms with Crippen molar-refractivity contribution in [2.75, 3.05) is 25.1 Å². The maximum absolute atomic E-state index is 14.4. The molecule has 0 fully saturated rings. The van der Waals surface area contributed by atoms with Crippen molar-refractivity contribution in [1.29, 1.82) is 5.26 Å². The number of carbonyl (C=O) groups excluding carboxylic acids is 1. The highest BCUT2D eigenvalue weighted by atomic mass is 19.4. The molecular weight excluding hydrogens is 493 g/mol. The summed E-state index contributed by atoms with van der Waals surface area (Å²) in [4.78, 5) is 11.8. The van der Waals surface area contributed by atoms with E-state index < -0.39 is 16.5 Å². The van der Waals surface area contributed by atoms with Crippen LogP contribution in [0.5, 0.6) is 0 Å². The average molecular weight is 521 g/mol. The number of hydrogen-bond donors (Lipinski definition) is 1. The number of carbonyl (C=O) groups is 1. The number of allylic oxidation sites excluding steroid dienone is 1. The first kappa shape index (κ1) is 26.9. The number of nitrogens with one attached hydrogen (secondary N) is 1. The van der Waals surface area contributed by atoms with Gasteiger partial charge in [0, 0.05) is 25.5 Å². The number of nitriles is 1. The van der Waals surface area contributed by atoms with Crippen LogP contribution in [0, 0.1) is 16.5 Å². The third-order valence-electron chi connectivity index (χ3n) is 6.71. The second-order valence-corrected chi connectivity index (χ2v) is 9.16. The van der Waals surface area contributed by atoms with Crippen molar-refractivity contribution in [3.05, 3.63) is 100 Å². The SMILES string of the molecule is CNC(=O)CCC[N+]1([O-])CC(c2ccccc2-c2ccc(C#N)cc2)=C(C)N1c1cccc(C(F)(F)F)c1. The Morgan fingerprint density at radius 2 is 1.76 bits per heavy atom. The number of nitrogens with zero attached hydrogens (tertiary/aromatic N) is 3. The Labute approximate surface area is 219 Å². The number of hydrogen-bond acceptors (Lipinski definition) is 4. The van der Waals surface area contributed by atoms with Gasteiger partial charge in [0.05, 0.1) is 28.6 Å². The number of quaternary nitrogens is 1. The van der Waals surface area contributed by atoms with E-state index in [4.69, 9.17) is 5.26 Å². The zero-order chi connectivity index (χ0) is 27.5. The third-order valence-corrected chi connectivity index (χ3v) is 6.71. The third kappa shape index (κ3) is 5.42. The molecule has 0 aromatic heterocycles. The van der Waals surface area contributed by atoms with Gasteiger partial charge in [0.2, 0.25) is 5.91 Å². The molecule has 0 bridgehead atoms. The van der Waals surface area contributed by atoms with E-state index in [1.807, 2.05) is 36.4 Å². The Bertz CT molecular complexity index is 1410. The second-order valence-electron chi connectivity index (χ2n) is 9.16. The van der Waals surface area contributed by atoms with Gasteiger partial charge < -0.3 is 10.5 Å². The van der Waals surface area contributed by atoms with Crippen molar-refractivity contribution in [3.63, 3.8) is 0 Å². The number of benzene rings is 3. The number of hydroxylamine groups is 2. The molecule has 1 atom stereocenters. The number of anilines is 1. The Morgan fingerprint density at radius 1 is 1.08 bits per heavy atom. The molecule has 0 aliphatic carbocycles. The lowest BCUT2D eigenvalue weighted by molar-refractivity contribution is -0.874. The quantitative estimate of drug-likeness (QED) is 0.295. The minimum absolute atomic E-state index is 0.00351. The molecule has 4 rings (SSSR count). The van der Waals surface area contributed by atoms with E-state index >= 15 is 0 Å². The summed E-state index contributed by atoms with van der Waals surface area (Å²) < 4.78 is 39.7. The fourth-order valence-electron chi connectivity index (χ4n) is 4.84. The van der Waals surface area contributed by atoms with E-state index in [0.717, 1.165) is 28.8 Å². The van der Waals surface area contributed by atoms with Gasteiger partial charge in [-0.15, -0.1) is 0 Å². The minimum atomic E-state index is -4.56. The van der Waals surface area contributed by atoms with Crippen molar-refractivity contribution < 1.29 is 22.7 Å². The summed E-state index contributed by atoms with van der Waals surface area (Å²) in [6, 6.07) is 21.5. The summed E-state index contributed by atoms with van der Waals surface area (Å²) in [5, 5.41) is 27.4. The molecule has 1 aliphatic heterocycles. The number of amides is 1. The first-order valence-corrected chi connectivity index (χ1v) is 12.1. The summed E-state index contributed by atoms with van der Waals surface area (Å²) in [6.07, 6.45) is -4.17. The monoisotopic (exact) mass is 520 g/mol. The highest BCUT2D eigenvalue weighted by Gasteiger charge is 2.40. The normalized spacial score (nSPS) is 17.4. The molecule has 6 nitrogen and oxygen atoms in total. The smallest absolute Gasteiger partial charge is 0.416 e. The van der Waals surface area contributed by atoms with Gasteiger partial charge in [0.15, 0.2) is 0 Å². The topological polar surface area (TPSA) is 79.2 Å². The van der Waals surface area contributed by atoms with Crippen LogP contribution in [0.4, 0.5) is 18.9 Å². The molecule has 1 heterocycles. The van der Waals surface area contributed by atoms with Crippen LogP contribution in [-0.4, -0.2) is 30.8 Å².